The molecule has 0 radical (unpaired) electrons. The molecule has 28 heavy (non-hydrogen) atoms. The fourth-order valence-corrected chi connectivity index (χ4v) is 3.27. The molecular weight excluding hydrogens is 391 g/mol. The summed E-state index contributed by atoms with van der Waals surface area (Å²) in [6.07, 6.45) is 0. The van der Waals surface area contributed by atoms with Gasteiger partial charge in [-0.15, -0.1) is 0 Å². The number of nitrogens with two attached hydrogens (primary N) is 1. The largest absolute Gasteiger partial charge is 0.495 e. The van der Waals surface area contributed by atoms with Crippen molar-refractivity contribution in [3.8, 4) is 5.75 Å². The van der Waals surface area contributed by atoms with Crippen LogP contribution < -0.4 is 25.8 Å². The number of benzene rings is 2. The van der Waals surface area contributed by atoms with Crippen LogP contribution in [0.5, 0.6) is 5.75 Å². The number of urea groups is 1. The van der Waals surface area contributed by atoms with E-state index in [0.29, 0.717) is 0 Å². The number of hydrogen-bond donors (Lipinski definition) is 4. The van der Waals surface area contributed by atoms with Crippen LogP contribution >= 0.6 is 0 Å². The molecule has 0 aliphatic rings. The molecule has 2 aromatic rings. The van der Waals surface area contributed by atoms with Crippen molar-refractivity contribution in [2.24, 2.45) is 5.73 Å². The molecule has 1 unspecified atom stereocenters. The number of sulfonamides is 1. The Labute approximate surface area is 161 Å². The molecule has 1 atom stereocenters. The number of primary amides is 1. The summed E-state index contributed by atoms with van der Waals surface area (Å²) in [7, 11) is -2.67. The molecule has 150 valence electrons. The molecule has 0 saturated heterocycles. The van der Waals surface area contributed by atoms with Gasteiger partial charge in [-0.1, -0.05) is 0 Å². The fraction of sp³-hybridized carbons (Fsp3) is 0.176. The van der Waals surface area contributed by atoms with Gasteiger partial charge in [0, 0.05) is 5.69 Å². The lowest BCUT2D eigenvalue weighted by atomic mass is 10.2. The van der Waals surface area contributed by atoms with Gasteiger partial charge in [-0.25, -0.2) is 17.6 Å². The first-order chi connectivity index (χ1) is 13.1. The molecular formula is C17H19FN4O5S. The molecule has 5 N–H and O–H groups in total. The second-order valence-electron chi connectivity index (χ2n) is 5.69. The molecule has 0 aliphatic carbocycles. The number of carbonyl (C=O) groups excluding carboxylic acids is 2. The zero-order valence-corrected chi connectivity index (χ0v) is 15.8. The molecule has 0 heterocycles. The van der Waals surface area contributed by atoms with Crippen molar-refractivity contribution >= 4 is 33.3 Å². The lowest BCUT2D eigenvalue weighted by Gasteiger charge is -2.16. The minimum Gasteiger partial charge on any atom is -0.495 e. The third-order valence-electron chi connectivity index (χ3n) is 3.59. The van der Waals surface area contributed by atoms with E-state index in [9.17, 15) is 22.4 Å². The molecule has 3 amide bonds. The predicted octanol–water partition coefficient (Wildman–Crippen LogP) is 1.63. The monoisotopic (exact) mass is 410 g/mol. The summed E-state index contributed by atoms with van der Waals surface area (Å²) in [5.74, 6) is -0.928. The highest BCUT2D eigenvalue weighted by Crippen LogP contribution is 2.30. The Morgan fingerprint density at radius 2 is 1.79 bits per heavy atom. The zero-order valence-electron chi connectivity index (χ0n) is 15.0. The van der Waals surface area contributed by atoms with Gasteiger partial charge in [-0.05, 0) is 49.4 Å². The summed E-state index contributed by atoms with van der Waals surface area (Å²) in [6, 6.07) is 6.80. The van der Waals surface area contributed by atoms with Crippen molar-refractivity contribution in [1.82, 2.24) is 5.32 Å². The van der Waals surface area contributed by atoms with E-state index < -0.39 is 33.8 Å². The first-order valence-electron chi connectivity index (χ1n) is 7.95. The van der Waals surface area contributed by atoms with Crippen molar-refractivity contribution in [2.45, 2.75) is 17.9 Å². The van der Waals surface area contributed by atoms with E-state index in [0.717, 1.165) is 24.3 Å². The van der Waals surface area contributed by atoms with Gasteiger partial charge in [0.05, 0.1) is 17.7 Å². The highest BCUT2D eigenvalue weighted by Gasteiger charge is 2.19. The van der Waals surface area contributed by atoms with Gasteiger partial charge in [0.2, 0.25) is 5.91 Å². The first-order valence-corrected chi connectivity index (χ1v) is 9.44. The Bertz CT molecular complexity index is 980. The molecule has 0 spiro atoms. The number of nitrogens with one attached hydrogen (secondary N) is 3. The van der Waals surface area contributed by atoms with E-state index >= 15 is 0 Å². The third kappa shape index (κ3) is 5.33. The molecule has 11 heteroatoms. The highest BCUT2D eigenvalue weighted by molar-refractivity contribution is 7.92. The second kappa shape index (κ2) is 8.57. The summed E-state index contributed by atoms with van der Waals surface area (Å²) in [6.45, 7) is 1.43. The summed E-state index contributed by atoms with van der Waals surface area (Å²) in [4.78, 5) is 22.7. The summed E-state index contributed by atoms with van der Waals surface area (Å²) in [5.41, 5.74) is 5.28. The van der Waals surface area contributed by atoms with Gasteiger partial charge < -0.3 is 21.1 Å². The maximum Gasteiger partial charge on any atom is 0.312 e. The molecule has 9 nitrogen and oxygen atoms in total. The molecule has 0 fully saturated rings. The quantitative estimate of drug-likeness (QED) is 0.549. The predicted molar refractivity (Wildman–Crippen MR) is 101 cm³/mol. The highest BCUT2D eigenvalue weighted by atomic mass is 32.2. The number of methoxy groups -OCH3 is 1. The van der Waals surface area contributed by atoms with E-state index in [2.05, 4.69) is 15.4 Å². The maximum absolute atomic E-state index is 13.0. The third-order valence-corrected chi connectivity index (χ3v) is 4.97. The van der Waals surface area contributed by atoms with Gasteiger partial charge >= 0.3 is 6.03 Å². The average molecular weight is 410 g/mol. The molecule has 0 bridgehead atoms. The minimum absolute atomic E-state index is 0.0557. The van der Waals surface area contributed by atoms with Crippen LogP contribution in [0.25, 0.3) is 0 Å². The maximum atomic E-state index is 13.0. The van der Waals surface area contributed by atoms with Crippen LogP contribution in [-0.4, -0.2) is 33.5 Å². The number of carbonyl (C=O) groups is 2. The van der Waals surface area contributed by atoms with Gasteiger partial charge in [-0.2, -0.15) is 0 Å². The standard InChI is InChI=1S/C17H19FN4O5S/c1-10(20-17(19)24)16(23)21-12-5-8-15(27-2)14(9-12)22-28(25,26)13-6-3-11(18)4-7-13/h3-10,22H,1-2H3,(H,21,23)(H3,19,20,24). The van der Waals surface area contributed by atoms with Gasteiger partial charge in [0.1, 0.15) is 17.6 Å². The Kier molecular flexibility index (Phi) is 6.41. The summed E-state index contributed by atoms with van der Waals surface area (Å²) in [5, 5.41) is 4.75. The number of anilines is 2. The van der Waals surface area contributed by atoms with Crippen LogP contribution in [0.3, 0.4) is 0 Å². The molecule has 2 rings (SSSR count). The number of hydrogen-bond acceptors (Lipinski definition) is 5. The minimum atomic E-state index is -4.02. The van der Waals surface area contributed by atoms with Crippen molar-refractivity contribution in [3.63, 3.8) is 0 Å². The SMILES string of the molecule is COc1ccc(NC(=O)C(C)NC(N)=O)cc1NS(=O)(=O)c1ccc(F)cc1. The smallest absolute Gasteiger partial charge is 0.312 e. The normalized spacial score (nSPS) is 12.0. The van der Waals surface area contributed by atoms with E-state index in [1.807, 2.05) is 0 Å². The van der Waals surface area contributed by atoms with E-state index in [1.165, 1.54) is 32.2 Å². The molecule has 0 aliphatic heterocycles. The van der Waals surface area contributed by atoms with E-state index in [1.54, 1.807) is 0 Å². The van der Waals surface area contributed by atoms with Crippen molar-refractivity contribution in [1.29, 1.82) is 0 Å². The fourth-order valence-electron chi connectivity index (χ4n) is 2.21. The second-order valence-corrected chi connectivity index (χ2v) is 7.38. The Morgan fingerprint density at radius 3 is 2.36 bits per heavy atom. The molecule has 2 aromatic carbocycles. The zero-order chi connectivity index (χ0) is 20.9. The van der Waals surface area contributed by atoms with Crippen LogP contribution in [0.15, 0.2) is 47.4 Å². The first kappa shape index (κ1) is 21.0. The average Bonchev–Trinajstić information content (AvgIpc) is 2.61. The lowest BCUT2D eigenvalue weighted by molar-refractivity contribution is -0.117. The molecule has 0 aromatic heterocycles. The van der Waals surface area contributed by atoms with E-state index in [-0.39, 0.29) is 22.0 Å². The van der Waals surface area contributed by atoms with Crippen LogP contribution in [0.1, 0.15) is 6.92 Å². The van der Waals surface area contributed by atoms with Crippen molar-refractivity contribution in [3.05, 3.63) is 48.3 Å². The Morgan fingerprint density at radius 1 is 1.14 bits per heavy atom. The topological polar surface area (TPSA) is 140 Å². The summed E-state index contributed by atoms with van der Waals surface area (Å²) < 4.78 is 45.5. The number of ether oxygens (including phenoxy) is 1. The van der Waals surface area contributed by atoms with Crippen molar-refractivity contribution < 1.29 is 27.1 Å². The van der Waals surface area contributed by atoms with Crippen LogP contribution in [0.4, 0.5) is 20.6 Å². The number of rotatable bonds is 7. The van der Waals surface area contributed by atoms with E-state index in [4.69, 9.17) is 10.5 Å². The number of halogens is 1. The van der Waals surface area contributed by atoms with Crippen LogP contribution in [0, 0.1) is 5.82 Å². The Hall–Kier alpha value is -3.34. The summed E-state index contributed by atoms with van der Waals surface area (Å²) >= 11 is 0. The lowest BCUT2D eigenvalue weighted by Crippen LogP contribution is -2.44. The Balaban J connectivity index is 2.26. The van der Waals surface area contributed by atoms with Gasteiger partial charge in [0.15, 0.2) is 0 Å². The van der Waals surface area contributed by atoms with Crippen LogP contribution in [0.2, 0.25) is 0 Å². The van der Waals surface area contributed by atoms with Gasteiger partial charge in [0.25, 0.3) is 10.0 Å². The molecule has 0 saturated carbocycles. The van der Waals surface area contributed by atoms with Crippen LogP contribution in [-0.2, 0) is 14.8 Å². The van der Waals surface area contributed by atoms with Crippen molar-refractivity contribution in [2.75, 3.05) is 17.1 Å². The van der Waals surface area contributed by atoms with Gasteiger partial charge in [-0.3, -0.25) is 9.52 Å². The number of amides is 3.